The van der Waals surface area contributed by atoms with Crippen LogP contribution in [0.25, 0.3) is 0 Å². The number of nitro groups is 1. The molecule has 1 N–H and O–H groups in total. The van der Waals surface area contributed by atoms with Gasteiger partial charge in [0.1, 0.15) is 0 Å². The van der Waals surface area contributed by atoms with Crippen molar-refractivity contribution in [3.05, 3.63) is 94.0 Å². The van der Waals surface area contributed by atoms with Gasteiger partial charge in [0.05, 0.1) is 16.9 Å². The van der Waals surface area contributed by atoms with E-state index in [0.717, 1.165) is 11.6 Å². The minimum atomic E-state index is -3.73. The Morgan fingerprint density at radius 1 is 1.06 bits per heavy atom. The highest BCUT2D eigenvalue weighted by atomic mass is 32.2. The quantitative estimate of drug-likeness (QED) is 0.409. The molecule has 0 saturated carbocycles. The number of carbonyl (C=O) groups excluding carboxylic acids is 1. The summed E-state index contributed by atoms with van der Waals surface area (Å²) in [5.41, 5.74) is 0.939. The molecule has 32 heavy (non-hydrogen) atoms. The molecule has 0 spiro atoms. The predicted octanol–water partition coefficient (Wildman–Crippen LogP) is 3.68. The van der Waals surface area contributed by atoms with E-state index in [1.807, 2.05) is 30.3 Å². The van der Waals surface area contributed by atoms with Crippen molar-refractivity contribution in [2.45, 2.75) is 11.4 Å². The van der Waals surface area contributed by atoms with Crippen LogP contribution in [0.1, 0.15) is 15.9 Å². The fourth-order valence-electron chi connectivity index (χ4n) is 2.99. The second kappa shape index (κ2) is 9.58. The summed E-state index contributed by atoms with van der Waals surface area (Å²) >= 11 is 0. The molecule has 0 radical (unpaired) electrons. The Balaban J connectivity index is 1.73. The Morgan fingerprint density at radius 3 is 2.31 bits per heavy atom. The highest BCUT2D eigenvalue weighted by molar-refractivity contribution is 7.89. The largest absolute Gasteiger partial charge is 0.490 e. The summed E-state index contributed by atoms with van der Waals surface area (Å²) in [6.45, 7) is 0.220. The summed E-state index contributed by atoms with van der Waals surface area (Å²) in [6, 6.07) is 18.8. The van der Waals surface area contributed by atoms with E-state index in [4.69, 9.17) is 4.74 Å². The van der Waals surface area contributed by atoms with E-state index in [2.05, 4.69) is 5.32 Å². The molecule has 166 valence electrons. The molecule has 9 nitrogen and oxygen atoms in total. The van der Waals surface area contributed by atoms with E-state index in [1.54, 1.807) is 0 Å². The lowest BCUT2D eigenvalue weighted by molar-refractivity contribution is -0.385. The molecule has 1 amide bonds. The van der Waals surface area contributed by atoms with Gasteiger partial charge in [0.15, 0.2) is 5.75 Å². The van der Waals surface area contributed by atoms with Gasteiger partial charge in [-0.3, -0.25) is 14.9 Å². The second-order valence-corrected chi connectivity index (χ2v) is 8.91. The zero-order chi connectivity index (χ0) is 23.3. The van der Waals surface area contributed by atoms with Crippen molar-refractivity contribution in [1.29, 1.82) is 0 Å². The molecule has 3 aromatic carbocycles. The monoisotopic (exact) mass is 455 g/mol. The minimum Gasteiger partial charge on any atom is -0.490 e. The van der Waals surface area contributed by atoms with Gasteiger partial charge in [-0.2, -0.15) is 4.31 Å². The Labute approximate surface area is 185 Å². The molecule has 3 aromatic rings. The molecule has 0 bridgehead atoms. The molecule has 3 rings (SSSR count). The predicted molar refractivity (Wildman–Crippen MR) is 119 cm³/mol. The Morgan fingerprint density at radius 2 is 1.72 bits per heavy atom. The smallest absolute Gasteiger partial charge is 0.311 e. The van der Waals surface area contributed by atoms with E-state index in [1.165, 1.54) is 54.9 Å². The van der Waals surface area contributed by atoms with Crippen LogP contribution in [-0.4, -0.2) is 37.7 Å². The lowest BCUT2D eigenvalue weighted by Gasteiger charge is -2.17. The van der Waals surface area contributed by atoms with Gasteiger partial charge in [0, 0.05) is 30.9 Å². The van der Waals surface area contributed by atoms with Crippen molar-refractivity contribution in [2.24, 2.45) is 0 Å². The molecular weight excluding hydrogens is 434 g/mol. The lowest BCUT2D eigenvalue weighted by Crippen LogP contribution is -2.26. The molecule has 0 aromatic heterocycles. The first-order valence-electron chi connectivity index (χ1n) is 9.46. The molecule has 0 atom stereocenters. The molecule has 0 aliphatic carbocycles. The highest BCUT2D eigenvalue weighted by Crippen LogP contribution is 2.28. The number of nitrogens with one attached hydrogen (secondary N) is 1. The van der Waals surface area contributed by atoms with Crippen LogP contribution in [0.2, 0.25) is 0 Å². The Hall–Kier alpha value is -3.76. The van der Waals surface area contributed by atoms with Crippen LogP contribution < -0.4 is 10.1 Å². The van der Waals surface area contributed by atoms with Crippen LogP contribution >= 0.6 is 0 Å². The van der Waals surface area contributed by atoms with Crippen molar-refractivity contribution in [3.8, 4) is 5.75 Å². The van der Waals surface area contributed by atoms with Gasteiger partial charge in [0.25, 0.3) is 5.91 Å². The standard InChI is InChI=1S/C22H21N3O6S/c1-24(15-16-6-4-3-5-7-16)32(29,30)19-11-9-18(10-12-19)23-22(26)17-8-13-21(31-2)20(14-17)25(27)28/h3-14H,15H2,1-2H3,(H,23,26). The number of methoxy groups -OCH3 is 1. The summed E-state index contributed by atoms with van der Waals surface area (Å²) < 4.78 is 31.8. The molecule has 0 aliphatic heterocycles. The van der Waals surface area contributed by atoms with Crippen LogP contribution in [0, 0.1) is 10.1 Å². The van der Waals surface area contributed by atoms with Gasteiger partial charge in [-0.15, -0.1) is 0 Å². The van der Waals surface area contributed by atoms with Crippen LogP contribution in [0.4, 0.5) is 11.4 Å². The Kier molecular flexibility index (Phi) is 6.86. The van der Waals surface area contributed by atoms with Crippen molar-refractivity contribution < 1.29 is 22.9 Å². The molecule has 0 unspecified atom stereocenters. The van der Waals surface area contributed by atoms with E-state index in [0.29, 0.717) is 5.69 Å². The SMILES string of the molecule is COc1ccc(C(=O)Nc2ccc(S(=O)(=O)N(C)Cc3ccccc3)cc2)cc1[N+](=O)[O-]. The highest BCUT2D eigenvalue weighted by Gasteiger charge is 2.21. The summed E-state index contributed by atoms with van der Waals surface area (Å²) in [7, 11) is -0.930. The van der Waals surface area contributed by atoms with Gasteiger partial charge < -0.3 is 10.1 Å². The van der Waals surface area contributed by atoms with Gasteiger partial charge in [0.2, 0.25) is 10.0 Å². The van der Waals surface area contributed by atoms with E-state index < -0.39 is 20.9 Å². The summed E-state index contributed by atoms with van der Waals surface area (Å²) in [6.07, 6.45) is 0. The fraction of sp³-hybridized carbons (Fsp3) is 0.136. The number of hydrogen-bond acceptors (Lipinski definition) is 6. The van der Waals surface area contributed by atoms with Gasteiger partial charge in [-0.25, -0.2) is 8.42 Å². The van der Waals surface area contributed by atoms with Crippen LogP contribution in [0.5, 0.6) is 5.75 Å². The summed E-state index contributed by atoms with van der Waals surface area (Å²) in [5, 5.41) is 13.7. The number of nitro benzene ring substituents is 1. The lowest BCUT2D eigenvalue weighted by atomic mass is 10.1. The molecule has 10 heteroatoms. The molecule has 0 heterocycles. The fourth-order valence-corrected chi connectivity index (χ4v) is 4.15. The maximum absolute atomic E-state index is 12.8. The molecule has 0 aliphatic rings. The van der Waals surface area contributed by atoms with Crippen molar-refractivity contribution in [3.63, 3.8) is 0 Å². The topological polar surface area (TPSA) is 119 Å². The maximum atomic E-state index is 12.8. The van der Waals surface area contributed by atoms with E-state index in [-0.39, 0.29) is 28.4 Å². The van der Waals surface area contributed by atoms with Gasteiger partial charge in [-0.1, -0.05) is 30.3 Å². The number of anilines is 1. The zero-order valence-corrected chi connectivity index (χ0v) is 18.2. The molecule has 0 saturated heterocycles. The number of nitrogens with zero attached hydrogens (tertiary/aromatic N) is 2. The summed E-state index contributed by atoms with van der Waals surface area (Å²) in [4.78, 5) is 23.1. The number of sulfonamides is 1. The molecule has 0 fully saturated rings. The van der Waals surface area contributed by atoms with Crippen LogP contribution in [0.3, 0.4) is 0 Å². The van der Waals surface area contributed by atoms with Gasteiger partial charge in [-0.05, 0) is 42.0 Å². The average molecular weight is 455 g/mol. The van der Waals surface area contributed by atoms with Crippen LogP contribution in [-0.2, 0) is 16.6 Å². The second-order valence-electron chi connectivity index (χ2n) is 6.87. The number of ether oxygens (including phenoxy) is 1. The minimum absolute atomic E-state index is 0.0423. The van der Waals surface area contributed by atoms with Crippen molar-refractivity contribution in [1.82, 2.24) is 4.31 Å². The average Bonchev–Trinajstić information content (AvgIpc) is 2.79. The first kappa shape index (κ1) is 22.9. The van der Waals surface area contributed by atoms with Gasteiger partial charge >= 0.3 is 5.69 Å². The zero-order valence-electron chi connectivity index (χ0n) is 17.4. The third-order valence-electron chi connectivity index (χ3n) is 4.71. The third-order valence-corrected chi connectivity index (χ3v) is 6.52. The van der Waals surface area contributed by atoms with E-state index in [9.17, 15) is 23.3 Å². The normalized spacial score (nSPS) is 11.2. The number of benzene rings is 3. The maximum Gasteiger partial charge on any atom is 0.311 e. The third kappa shape index (κ3) is 5.10. The van der Waals surface area contributed by atoms with Crippen LogP contribution in [0.15, 0.2) is 77.7 Å². The van der Waals surface area contributed by atoms with Crippen molar-refractivity contribution in [2.75, 3.05) is 19.5 Å². The molecular formula is C22H21N3O6S. The van der Waals surface area contributed by atoms with E-state index >= 15 is 0 Å². The number of rotatable bonds is 8. The first-order valence-corrected chi connectivity index (χ1v) is 10.9. The summed E-state index contributed by atoms with van der Waals surface area (Å²) in [5.74, 6) is -0.534. The number of hydrogen-bond donors (Lipinski definition) is 1. The first-order chi connectivity index (χ1) is 15.2. The number of amides is 1. The Bertz CT molecular complexity index is 1230. The van der Waals surface area contributed by atoms with Crippen molar-refractivity contribution >= 4 is 27.3 Å². The number of carbonyl (C=O) groups is 1.